The lowest BCUT2D eigenvalue weighted by Gasteiger charge is -2.32. The van der Waals surface area contributed by atoms with Crippen LogP contribution in [0.5, 0.6) is 0 Å². The van der Waals surface area contributed by atoms with E-state index in [1.807, 2.05) is 20.8 Å². The lowest BCUT2D eigenvalue weighted by atomic mass is 9.94. The van der Waals surface area contributed by atoms with Gasteiger partial charge < -0.3 is 20.6 Å². The first kappa shape index (κ1) is 12.8. The van der Waals surface area contributed by atoms with Crippen molar-refractivity contribution < 1.29 is 15.3 Å². The van der Waals surface area contributed by atoms with E-state index in [0.29, 0.717) is 6.54 Å². The molecule has 0 unspecified atom stereocenters. The largest absolute Gasteiger partial charge is 0.394 e. The molecule has 0 heterocycles. The van der Waals surface area contributed by atoms with E-state index in [9.17, 15) is 0 Å². The fourth-order valence-electron chi connectivity index (χ4n) is 0.770. The van der Waals surface area contributed by atoms with Crippen molar-refractivity contribution in [1.29, 1.82) is 0 Å². The molecule has 4 N–H and O–H groups in total. The summed E-state index contributed by atoms with van der Waals surface area (Å²) in [6.45, 7) is 5.95. The van der Waals surface area contributed by atoms with Crippen molar-refractivity contribution in [3.05, 3.63) is 0 Å². The second-order valence-corrected chi connectivity index (χ2v) is 4.67. The molecule has 0 aromatic carbocycles. The Balaban J connectivity index is 4.11. The number of aliphatic hydroxyl groups is 3. The third-order valence-corrected chi connectivity index (χ3v) is 1.90. The maximum Gasteiger partial charge on any atom is 0.0881 e. The van der Waals surface area contributed by atoms with Crippen LogP contribution in [0.25, 0.3) is 0 Å². The third kappa shape index (κ3) is 4.57. The van der Waals surface area contributed by atoms with Gasteiger partial charge in [-0.05, 0) is 5.41 Å². The Morgan fingerprint density at radius 2 is 1.31 bits per heavy atom. The molecule has 0 aromatic rings. The van der Waals surface area contributed by atoms with Crippen LogP contribution in [0.15, 0.2) is 0 Å². The molecule has 0 spiro atoms. The minimum absolute atomic E-state index is 0.0603. The summed E-state index contributed by atoms with van der Waals surface area (Å²) in [4.78, 5) is 0. The Morgan fingerprint density at radius 1 is 0.923 bits per heavy atom. The fourth-order valence-corrected chi connectivity index (χ4v) is 0.770. The normalized spacial score (nSPS) is 13.4. The highest BCUT2D eigenvalue weighted by Gasteiger charge is 2.28. The summed E-state index contributed by atoms with van der Waals surface area (Å²) in [6, 6.07) is 0. The van der Waals surface area contributed by atoms with E-state index in [1.54, 1.807) is 0 Å². The van der Waals surface area contributed by atoms with Gasteiger partial charge in [-0.2, -0.15) is 0 Å². The lowest BCUT2D eigenvalue weighted by Crippen LogP contribution is -2.56. The summed E-state index contributed by atoms with van der Waals surface area (Å²) in [5.74, 6) is 0. The van der Waals surface area contributed by atoms with E-state index in [-0.39, 0.29) is 25.2 Å². The van der Waals surface area contributed by atoms with E-state index < -0.39 is 5.54 Å². The standard InChI is InChI=1S/C9H21NO3/c1-8(2,3)4-10-9(5-11,6-12)7-13/h10-13H,4-7H2,1-3H3. The first-order chi connectivity index (χ1) is 5.89. The number of rotatable bonds is 5. The molecule has 4 heteroatoms. The zero-order valence-electron chi connectivity index (χ0n) is 8.67. The molecule has 0 fully saturated rings. The number of aliphatic hydroxyl groups excluding tert-OH is 3. The lowest BCUT2D eigenvalue weighted by molar-refractivity contribution is 0.0369. The van der Waals surface area contributed by atoms with Crippen molar-refractivity contribution in [2.24, 2.45) is 5.41 Å². The highest BCUT2D eigenvalue weighted by Crippen LogP contribution is 2.13. The minimum atomic E-state index is -0.951. The quantitative estimate of drug-likeness (QED) is 0.465. The van der Waals surface area contributed by atoms with E-state index in [0.717, 1.165) is 0 Å². The molecule has 0 saturated heterocycles. The van der Waals surface area contributed by atoms with Crippen LogP contribution in [0.3, 0.4) is 0 Å². The van der Waals surface area contributed by atoms with Crippen LogP contribution in [0.4, 0.5) is 0 Å². The highest BCUT2D eigenvalue weighted by atomic mass is 16.3. The third-order valence-electron chi connectivity index (χ3n) is 1.90. The molecule has 0 radical (unpaired) electrons. The van der Waals surface area contributed by atoms with Gasteiger partial charge in [0.2, 0.25) is 0 Å². The second kappa shape index (κ2) is 4.91. The van der Waals surface area contributed by atoms with Crippen molar-refractivity contribution in [2.75, 3.05) is 26.4 Å². The monoisotopic (exact) mass is 191 g/mol. The molecule has 0 atom stereocenters. The Bertz CT molecular complexity index is 130. The Labute approximate surface area is 79.6 Å². The van der Waals surface area contributed by atoms with Gasteiger partial charge in [-0.15, -0.1) is 0 Å². The van der Waals surface area contributed by atoms with E-state index in [4.69, 9.17) is 15.3 Å². The molecule has 0 saturated carbocycles. The summed E-state index contributed by atoms with van der Waals surface area (Å²) in [5, 5.41) is 29.9. The van der Waals surface area contributed by atoms with Gasteiger partial charge in [0.15, 0.2) is 0 Å². The van der Waals surface area contributed by atoms with E-state index >= 15 is 0 Å². The molecule has 0 bridgehead atoms. The van der Waals surface area contributed by atoms with Crippen molar-refractivity contribution in [2.45, 2.75) is 26.3 Å². The number of hydrogen-bond donors (Lipinski definition) is 4. The number of hydrogen-bond acceptors (Lipinski definition) is 4. The molecule has 0 amide bonds. The molecule has 0 aliphatic rings. The van der Waals surface area contributed by atoms with Crippen molar-refractivity contribution in [3.8, 4) is 0 Å². The molecular weight excluding hydrogens is 170 g/mol. The van der Waals surface area contributed by atoms with Crippen LogP contribution >= 0.6 is 0 Å². The van der Waals surface area contributed by atoms with Crippen LogP contribution in [0, 0.1) is 5.41 Å². The van der Waals surface area contributed by atoms with Crippen LogP contribution in [0.2, 0.25) is 0 Å². The Hall–Kier alpha value is -0.160. The molecule has 4 nitrogen and oxygen atoms in total. The van der Waals surface area contributed by atoms with Crippen molar-refractivity contribution in [3.63, 3.8) is 0 Å². The summed E-state index contributed by atoms with van der Waals surface area (Å²) < 4.78 is 0. The molecule has 0 aromatic heterocycles. The highest BCUT2D eigenvalue weighted by molar-refractivity contribution is 4.87. The van der Waals surface area contributed by atoms with Gasteiger partial charge in [-0.25, -0.2) is 0 Å². The summed E-state index contributed by atoms with van der Waals surface area (Å²) in [5.41, 5.74) is -0.891. The summed E-state index contributed by atoms with van der Waals surface area (Å²) in [7, 11) is 0. The van der Waals surface area contributed by atoms with Crippen LogP contribution in [-0.2, 0) is 0 Å². The first-order valence-corrected chi connectivity index (χ1v) is 4.47. The van der Waals surface area contributed by atoms with Gasteiger partial charge in [-0.1, -0.05) is 20.8 Å². The van der Waals surface area contributed by atoms with Gasteiger partial charge >= 0.3 is 0 Å². The van der Waals surface area contributed by atoms with Crippen molar-refractivity contribution in [1.82, 2.24) is 5.32 Å². The molecule has 0 rings (SSSR count). The molecule has 13 heavy (non-hydrogen) atoms. The van der Waals surface area contributed by atoms with Crippen LogP contribution in [0.1, 0.15) is 20.8 Å². The Morgan fingerprint density at radius 3 is 1.54 bits per heavy atom. The maximum atomic E-state index is 8.99. The molecule has 0 aliphatic heterocycles. The summed E-state index contributed by atoms with van der Waals surface area (Å²) >= 11 is 0. The summed E-state index contributed by atoms with van der Waals surface area (Å²) in [6.07, 6.45) is 0. The first-order valence-electron chi connectivity index (χ1n) is 4.47. The maximum absolute atomic E-state index is 8.99. The smallest absolute Gasteiger partial charge is 0.0881 e. The van der Waals surface area contributed by atoms with Crippen LogP contribution in [-0.4, -0.2) is 47.2 Å². The zero-order valence-corrected chi connectivity index (χ0v) is 8.67. The zero-order chi connectivity index (χ0) is 10.5. The SMILES string of the molecule is CC(C)(C)CNC(CO)(CO)CO. The molecular formula is C9H21NO3. The van der Waals surface area contributed by atoms with E-state index in [2.05, 4.69) is 5.32 Å². The van der Waals surface area contributed by atoms with Gasteiger partial charge in [0, 0.05) is 6.54 Å². The van der Waals surface area contributed by atoms with Crippen LogP contribution < -0.4 is 5.32 Å². The van der Waals surface area contributed by atoms with Gasteiger partial charge in [0.1, 0.15) is 0 Å². The predicted octanol–water partition coefficient (Wildman–Crippen LogP) is -0.662. The molecule has 0 aliphatic carbocycles. The average molecular weight is 191 g/mol. The van der Waals surface area contributed by atoms with E-state index in [1.165, 1.54) is 0 Å². The predicted molar refractivity (Wildman–Crippen MR) is 51.4 cm³/mol. The van der Waals surface area contributed by atoms with Crippen molar-refractivity contribution >= 4 is 0 Å². The number of nitrogens with one attached hydrogen (secondary N) is 1. The van der Waals surface area contributed by atoms with Gasteiger partial charge in [0.05, 0.1) is 25.4 Å². The van der Waals surface area contributed by atoms with Gasteiger partial charge in [-0.3, -0.25) is 0 Å². The topological polar surface area (TPSA) is 72.7 Å². The second-order valence-electron chi connectivity index (χ2n) is 4.67. The minimum Gasteiger partial charge on any atom is -0.394 e. The van der Waals surface area contributed by atoms with Gasteiger partial charge in [0.25, 0.3) is 0 Å². The average Bonchev–Trinajstić information content (AvgIpc) is 2.06. The fraction of sp³-hybridized carbons (Fsp3) is 1.00. The Kier molecular flexibility index (Phi) is 4.85. The molecule has 80 valence electrons.